The zero-order valence-electron chi connectivity index (χ0n) is 19.6. The van der Waals surface area contributed by atoms with Crippen molar-refractivity contribution < 1.29 is 23.5 Å². The van der Waals surface area contributed by atoms with Gasteiger partial charge in [0.1, 0.15) is 11.9 Å². The molecule has 35 heavy (non-hydrogen) atoms. The summed E-state index contributed by atoms with van der Waals surface area (Å²) in [5, 5.41) is 15.6. The Morgan fingerprint density at radius 2 is 1.94 bits per heavy atom. The summed E-state index contributed by atoms with van der Waals surface area (Å²) in [7, 11) is 0. The number of halogens is 1. The molecule has 0 aliphatic carbocycles. The monoisotopic (exact) mass is 488 g/mol. The van der Waals surface area contributed by atoms with E-state index in [0.717, 1.165) is 25.9 Å². The summed E-state index contributed by atoms with van der Waals surface area (Å²) in [6.45, 7) is 6.01. The average Bonchev–Trinajstić information content (AvgIpc) is 3.50. The van der Waals surface area contributed by atoms with Gasteiger partial charge in [-0.15, -0.1) is 5.10 Å². The third-order valence-electron chi connectivity index (χ3n) is 6.54. The summed E-state index contributed by atoms with van der Waals surface area (Å²) >= 11 is 0. The summed E-state index contributed by atoms with van der Waals surface area (Å²) in [5.74, 6) is 0.0282. The molecule has 3 aliphatic rings. The minimum absolute atomic E-state index is 0.107. The molecular formula is C22H29FN8O4. The number of cyclic esters (lactones) is 1. The molecule has 1 atom stereocenters. The summed E-state index contributed by atoms with van der Waals surface area (Å²) in [4.78, 5) is 30.5. The number of nitrogens with one attached hydrogen (secondary N) is 1. The van der Waals surface area contributed by atoms with Crippen molar-refractivity contribution in [1.29, 1.82) is 0 Å². The smallest absolute Gasteiger partial charge is 0.414 e. The number of benzene rings is 1. The van der Waals surface area contributed by atoms with Gasteiger partial charge in [0.25, 0.3) is 5.95 Å². The highest BCUT2D eigenvalue weighted by Gasteiger charge is 2.33. The van der Waals surface area contributed by atoms with Gasteiger partial charge in [-0.05, 0) is 36.3 Å². The molecule has 1 aromatic carbocycles. The fraction of sp³-hybridized carbons (Fsp3) is 0.591. The van der Waals surface area contributed by atoms with Gasteiger partial charge in [0.15, 0.2) is 0 Å². The predicted molar refractivity (Wildman–Crippen MR) is 124 cm³/mol. The van der Waals surface area contributed by atoms with Gasteiger partial charge in [0.2, 0.25) is 5.91 Å². The Kier molecular flexibility index (Phi) is 6.66. The molecule has 2 aromatic rings. The van der Waals surface area contributed by atoms with Crippen molar-refractivity contribution in [3.63, 3.8) is 0 Å². The van der Waals surface area contributed by atoms with Gasteiger partial charge in [0, 0.05) is 33.1 Å². The fourth-order valence-electron chi connectivity index (χ4n) is 4.62. The molecule has 0 saturated carbocycles. The SMILES string of the molecule is CC(=O)NCC1CN(c2ccc(N3CCC(n4nnc(N5CCOCC5)n4)CC3)c(F)c2)C(=O)O1. The third kappa shape index (κ3) is 5.14. The number of nitrogens with zero attached hydrogens (tertiary/aromatic N) is 7. The molecule has 0 radical (unpaired) electrons. The number of anilines is 3. The highest BCUT2D eigenvalue weighted by Crippen LogP contribution is 2.31. The zero-order valence-corrected chi connectivity index (χ0v) is 19.6. The molecule has 5 rings (SSSR count). The number of carbonyl (C=O) groups is 2. The van der Waals surface area contributed by atoms with Crippen LogP contribution in [0.1, 0.15) is 25.8 Å². The van der Waals surface area contributed by atoms with Crippen LogP contribution in [-0.2, 0) is 14.3 Å². The van der Waals surface area contributed by atoms with Crippen molar-refractivity contribution in [3.8, 4) is 0 Å². The Balaban J connectivity index is 1.18. The minimum Gasteiger partial charge on any atom is -0.442 e. The van der Waals surface area contributed by atoms with Crippen LogP contribution in [0, 0.1) is 5.82 Å². The number of morpholine rings is 1. The topological polar surface area (TPSA) is 118 Å². The van der Waals surface area contributed by atoms with E-state index in [0.29, 0.717) is 43.6 Å². The minimum atomic E-state index is -0.551. The predicted octanol–water partition coefficient (Wildman–Crippen LogP) is 0.952. The van der Waals surface area contributed by atoms with E-state index in [4.69, 9.17) is 9.47 Å². The lowest BCUT2D eigenvalue weighted by Crippen LogP contribution is -2.37. The van der Waals surface area contributed by atoms with Crippen LogP contribution >= 0.6 is 0 Å². The average molecular weight is 489 g/mol. The number of ether oxygens (including phenoxy) is 2. The molecule has 4 heterocycles. The Morgan fingerprint density at radius 1 is 1.17 bits per heavy atom. The molecule has 12 nitrogen and oxygen atoms in total. The van der Waals surface area contributed by atoms with Crippen molar-refractivity contribution in [2.75, 3.05) is 67.2 Å². The molecule has 0 spiro atoms. The summed E-state index contributed by atoms with van der Waals surface area (Å²) in [5.41, 5.74) is 0.925. The van der Waals surface area contributed by atoms with Crippen molar-refractivity contribution in [2.24, 2.45) is 0 Å². The maximum absolute atomic E-state index is 15.1. The summed E-state index contributed by atoms with van der Waals surface area (Å²) in [6, 6.07) is 4.89. The number of carbonyl (C=O) groups excluding carboxylic acids is 2. The normalized spacial score (nSPS) is 21.4. The molecular weight excluding hydrogens is 459 g/mol. The highest BCUT2D eigenvalue weighted by atomic mass is 19.1. The number of amides is 2. The van der Waals surface area contributed by atoms with Crippen LogP contribution in [0.5, 0.6) is 0 Å². The van der Waals surface area contributed by atoms with Crippen LogP contribution in [0.2, 0.25) is 0 Å². The van der Waals surface area contributed by atoms with E-state index in [1.54, 1.807) is 16.9 Å². The second-order valence-corrected chi connectivity index (χ2v) is 8.92. The fourth-order valence-corrected chi connectivity index (χ4v) is 4.62. The van der Waals surface area contributed by atoms with Crippen LogP contribution in [-0.4, -0.2) is 90.8 Å². The molecule has 0 bridgehead atoms. The molecule has 3 fully saturated rings. The van der Waals surface area contributed by atoms with E-state index >= 15 is 4.39 Å². The van der Waals surface area contributed by atoms with Gasteiger partial charge >= 0.3 is 6.09 Å². The first-order valence-corrected chi connectivity index (χ1v) is 11.9. The number of rotatable bonds is 6. The lowest BCUT2D eigenvalue weighted by Gasteiger charge is -2.33. The van der Waals surface area contributed by atoms with Crippen LogP contribution in [0.15, 0.2) is 18.2 Å². The molecule has 1 N–H and O–H groups in total. The largest absolute Gasteiger partial charge is 0.442 e. The van der Waals surface area contributed by atoms with Gasteiger partial charge in [0.05, 0.1) is 43.7 Å². The van der Waals surface area contributed by atoms with E-state index in [1.807, 2.05) is 4.90 Å². The number of tetrazole rings is 1. The van der Waals surface area contributed by atoms with Crippen molar-refractivity contribution in [3.05, 3.63) is 24.0 Å². The number of hydrogen-bond acceptors (Lipinski definition) is 9. The van der Waals surface area contributed by atoms with Crippen LogP contribution in [0.4, 0.5) is 26.5 Å². The Bertz CT molecular complexity index is 1070. The first kappa shape index (κ1) is 23.3. The molecule has 3 aliphatic heterocycles. The van der Waals surface area contributed by atoms with E-state index in [-0.39, 0.29) is 25.0 Å². The Morgan fingerprint density at radius 3 is 2.66 bits per heavy atom. The lowest BCUT2D eigenvalue weighted by atomic mass is 10.0. The zero-order chi connectivity index (χ0) is 24.4. The first-order chi connectivity index (χ1) is 17.0. The third-order valence-corrected chi connectivity index (χ3v) is 6.54. The van der Waals surface area contributed by atoms with E-state index in [2.05, 4.69) is 25.6 Å². The standard InChI is InChI=1S/C22H29FN8O4/c1-15(32)24-13-18-14-30(22(33)35-18)17-2-3-20(19(23)12-17)28-6-4-16(5-7-28)31-26-21(25-27-31)29-8-10-34-11-9-29/h2-3,12,16,18H,4-11,13-14H2,1H3,(H,24,32). The summed E-state index contributed by atoms with van der Waals surface area (Å²) in [6.07, 6.45) is 0.514. The van der Waals surface area contributed by atoms with Gasteiger partial charge < -0.3 is 24.6 Å². The van der Waals surface area contributed by atoms with E-state index < -0.39 is 18.0 Å². The quantitative estimate of drug-likeness (QED) is 0.634. The maximum Gasteiger partial charge on any atom is 0.414 e. The van der Waals surface area contributed by atoms with Crippen LogP contribution in [0.25, 0.3) is 0 Å². The molecule has 188 valence electrons. The van der Waals surface area contributed by atoms with Gasteiger partial charge in [-0.1, -0.05) is 5.10 Å². The molecule has 13 heteroatoms. The number of piperidine rings is 1. The lowest BCUT2D eigenvalue weighted by molar-refractivity contribution is -0.119. The number of hydrogen-bond donors (Lipinski definition) is 1. The second-order valence-electron chi connectivity index (χ2n) is 8.92. The molecule has 1 aromatic heterocycles. The van der Waals surface area contributed by atoms with Gasteiger partial charge in [-0.25, -0.2) is 9.18 Å². The maximum atomic E-state index is 15.1. The van der Waals surface area contributed by atoms with Crippen molar-refractivity contribution >= 4 is 29.3 Å². The Labute approximate surface area is 201 Å². The highest BCUT2D eigenvalue weighted by molar-refractivity contribution is 5.90. The number of aromatic nitrogens is 4. The van der Waals surface area contributed by atoms with Crippen LogP contribution < -0.4 is 20.0 Å². The molecule has 3 saturated heterocycles. The summed E-state index contributed by atoms with van der Waals surface area (Å²) < 4.78 is 25.7. The van der Waals surface area contributed by atoms with E-state index in [1.165, 1.54) is 17.9 Å². The Hall–Kier alpha value is -3.48. The van der Waals surface area contributed by atoms with Crippen molar-refractivity contribution in [1.82, 2.24) is 25.5 Å². The van der Waals surface area contributed by atoms with Crippen molar-refractivity contribution in [2.45, 2.75) is 31.9 Å². The van der Waals surface area contributed by atoms with Gasteiger partial charge in [-0.2, -0.15) is 4.80 Å². The second kappa shape index (κ2) is 10.0. The molecule has 1 unspecified atom stereocenters. The molecule has 2 amide bonds. The van der Waals surface area contributed by atoms with Gasteiger partial charge in [-0.3, -0.25) is 9.69 Å². The first-order valence-electron chi connectivity index (χ1n) is 11.9. The van der Waals surface area contributed by atoms with Crippen LogP contribution in [0.3, 0.4) is 0 Å². The van der Waals surface area contributed by atoms with E-state index in [9.17, 15) is 9.59 Å².